The molecule has 0 spiro atoms. The Balaban J connectivity index is 4.33. The van der Waals surface area contributed by atoms with Crippen molar-refractivity contribution >= 4 is 14.7 Å². The van der Waals surface area contributed by atoms with Gasteiger partial charge in [-0.2, -0.15) is 0 Å². The molecule has 0 aliphatic carbocycles. The van der Waals surface area contributed by atoms with Crippen LogP contribution in [0.5, 0.6) is 0 Å². The van der Waals surface area contributed by atoms with Gasteiger partial charge in [-0.05, 0) is 45.4 Å². The van der Waals surface area contributed by atoms with E-state index in [9.17, 15) is 4.79 Å². The van der Waals surface area contributed by atoms with E-state index in [0.29, 0.717) is 32.8 Å². The van der Waals surface area contributed by atoms with E-state index in [0.717, 1.165) is 25.3 Å². The summed E-state index contributed by atoms with van der Waals surface area (Å²) in [4.78, 5) is 12.0. The van der Waals surface area contributed by atoms with Crippen LogP contribution in [-0.2, 0) is 18.1 Å². The van der Waals surface area contributed by atoms with Gasteiger partial charge in [0.05, 0.1) is 0 Å². The van der Waals surface area contributed by atoms with Crippen LogP contribution in [0.25, 0.3) is 0 Å². The second-order valence-electron chi connectivity index (χ2n) is 7.39. The minimum absolute atomic E-state index is 0.0227. The van der Waals surface area contributed by atoms with E-state index < -0.39 is 8.80 Å². The summed E-state index contributed by atoms with van der Waals surface area (Å²) in [6.45, 7) is 14.9. The Kier molecular flexibility index (Phi) is 14.4. The fourth-order valence-electron chi connectivity index (χ4n) is 2.73. The summed E-state index contributed by atoms with van der Waals surface area (Å²) in [5, 5.41) is 3.08. The number of rotatable bonds is 17. The zero-order valence-corrected chi connectivity index (χ0v) is 19.0. The fraction of sp³-hybridized carbons (Fsp3) is 0.900. The summed E-state index contributed by atoms with van der Waals surface area (Å²) >= 11 is 0. The predicted octanol–water partition coefficient (Wildman–Crippen LogP) is 4.74. The van der Waals surface area contributed by atoms with E-state index >= 15 is 0 Å². The third-order valence-corrected chi connectivity index (χ3v) is 7.35. The highest BCUT2D eigenvalue weighted by molar-refractivity contribution is 6.60. The molecule has 6 heteroatoms. The van der Waals surface area contributed by atoms with E-state index in [2.05, 4.69) is 32.5 Å². The molecule has 0 aliphatic heterocycles. The van der Waals surface area contributed by atoms with Crippen molar-refractivity contribution in [3.8, 4) is 0 Å². The van der Waals surface area contributed by atoms with Gasteiger partial charge in [-0.3, -0.25) is 4.79 Å². The van der Waals surface area contributed by atoms with E-state index in [1.165, 1.54) is 12.8 Å². The molecule has 1 radical (unpaired) electrons. The van der Waals surface area contributed by atoms with Gasteiger partial charge in [0.1, 0.15) is 0 Å². The van der Waals surface area contributed by atoms with E-state index in [-0.39, 0.29) is 11.3 Å². The first-order chi connectivity index (χ1) is 12.3. The standard InChI is InChI=1S/C20H42NO4Si/c1-7-11-12-13-14-15-19(22)21-18-20(5,6)16-17-26(23-8-2,24-9-3)25-10-4/h13H,7-12,14-18H2,1-6H3,(H,21,22). The zero-order chi connectivity index (χ0) is 19.9. The number of amides is 1. The van der Waals surface area contributed by atoms with Gasteiger partial charge in [0.2, 0.25) is 5.91 Å². The van der Waals surface area contributed by atoms with E-state index in [1.54, 1.807) is 0 Å². The van der Waals surface area contributed by atoms with Crippen molar-refractivity contribution in [2.45, 2.75) is 86.1 Å². The van der Waals surface area contributed by atoms with Crippen LogP contribution in [0.15, 0.2) is 0 Å². The van der Waals surface area contributed by atoms with Gasteiger partial charge in [0.15, 0.2) is 0 Å². The predicted molar refractivity (Wildman–Crippen MR) is 110 cm³/mol. The van der Waals surface area contributed by atoms with Crippen molar-refractivity contribution in [1.82, 2.24) is 5.32 Å². The van der Waals surface area contributed by atoms with Gasteiger partial charge in [-0.25, -0.2) is 0 Å². The zero-order valence-electron chi connectivity index (χ0n) is 18.0. The topological polar surface area (TPSA) is 56.8 Å². The molecule has 155 valence electrons. The summed E-state index contributed by atoms with van der Waals surface area (Å²) in [7, 11) is -2.61. The van der Waals surface area contributed by atoms with Crippen LogP contribution in [0, 0.1) is 11.8 Å². The summed E-state index contributed by atoms with van der Waals surface area (Å²) in [5.74, 6) is 0.133. The Morgan fingerprint density at radius 3 is 2.08 bits per heavy atom. The summed E-state index contributed by atoms with van der Waals surface area (Å²) in [5.41, 5.74) is -0.0227. The van der Waals surface area contributed by atoms with Gasteiger partial charge >= 0.3 is 8.80 Å². The lowest BCUT2D eigenvalue weighted by Crippen LogP contribution is -2.47. The quantitative estimate of drug-likeness (QED) is 0.289. The highest BCUT2D eigenvalue weighted by atomic mass is 28.4. The second-order valence-corrected chi connectivity index (χ2v) is 10.1. The van der Waals surface area contributed by atoms with Crippen LogP contribution in [0.4, 0.5) is 0 Å². The Morgan fingerprint density at radius 2 is 1.58 bits per heavy atom. The van der Waals surface area contributed by atoms with Gasteiger partial charge in [0, 0.05) is 38.8 Å². The summed E-state index contributed by atoms with van der Waals surface area (Å²) in [6, 6.07) is 0.774. The molecule has 0 aromatic carbocycles. The molecule has 0 aromatic rings. The molecule has 0 atom stereocenters. The minimum Gasteiger partial charge on any atom is -0.374 e. The lowest BCUT2D eigenvalue weighted by molar-refractivity contribution is -0.121. The first kappa shape index (κ1) is 25.6. The Labute approximate surface area is 162 Å². The number of unbranched alkanes of at least 4 members (excludes halogenated alkanes) is 4. The molecule has 0 heterocycles. The number of hydrogen-bond acceptors (Lipinski definition) is 4. The van der Waals surface area contributed by atoms with Crippen LogP contribution in [-0.4, -0.2) is 41.1 Å². The third-order valence-electron chi connectivity index (χ3n) is 4.30. The lowest BCUT2D eigenvalue weighted by atomic mass is 9.90. The molecule has 0 saturated heterocycles. The maximum Gasteiger partial charge on any atom is 0.500 e. The molecule has 0 bridgehead atoms. The minimum atomic E-state index is -2.61. The van der Waals surface area contributed by atoms with Crippen molar-refractivity contribution in [3.63, 3.8) is 0 Å². The van der Waals surface area contributed by atoms with Gasteiger partial charge < -0.3 is 18.6 Å². The first-order valence-corrected chi connectivity index (χ1v) is 12.3. The SMILES string of the molecule is CCCC[CH]CCC(=O)NCC(C)(C)CC[Si](OCC)(OCC)OCC. The molecule has 1 N–H and O–H groups in total. The van der Waals surface area contributed by atoms with Crippen LogP contribution in [0.1, 0.15) is 80.1 Å². The first-order valence-electron chi connectivity index (χ1n) is 10.3. The average molecular weight is 389 g/mol. The average Bonchev–Trinajstić information content (AvgIpc) is 2.59. The van der Waals surface area contributed by atoms with Gasteiger partial charge in [0.25, 0.3) is 0 Å². The number of carbonyl (C=O) groups excluding carboxylic acids is 1. The Morgan fingerprint density at radius 1 is 1.00 bits per heavy atom. The molecule has 0 unspecified atom stereocenters. The molecule has 0 rings (SSSR count). The van der Waals surface area contributed by atoms with Crippen LogP contribution < -0.4 is 5.32 Å². The van der Waals surface area contributed by atoms with Crippen LogP contribution in [0.3, 0.4) is 0 Å². The van der Waals surface area contributed by atoms with Gasteiger partial charge in [-0.1, -0.05) is 40.0 Å². The fourth-order valence-corrected chi connectivity index (χ4v) is 5.72. The van der Waals surface area contributed by atoms with Crippen LogP contribution in [0.2, 0.25) is 6.04 Å². The second kappa shape index (κ2) is 14.6. The maximum atomic E-state index is 12.0. The third kappa shape index (κ3) is 12.0. The van der Waals surface area contributed by atoms with Gasteiger partial charge in [-0.15, -0.1) is 0 Å². The highest BCUT2D eigenvalue weighted by Gasteiger charge is 2.41. The smallest absolute Gasteiger partial charge is 0.374 e. The molecular weight excluding hydrogens is 346 g/mol. The number of carbonyl (C=O) groups is 1. The molecule has 0 fully saturated rings. The van der Waals surface area contributed by atoms with Crippen molar-refractivity contribution in [2.24, 2.45) is 5.41 Å². The molecule has 0 aromatic heterocycles. The molecule has 0 saturated carbocycles. The molecule has 0 aliphatic rings. The van der Waals surface area contributed by atoms with Crippen molar-refractivity contribution in [1.29, 1.82) is 0 Å². The Hall–Kier alpha value is -0.433. The Bertz CT molecular complexity index is 347. The maximum absolute atomic E-state index is 12.0. The van der Waals surface area contributed by atoms with E-state index in [4.69, 9.17) is 13.3 Å². The summed E-state index contributed by atoms with van der Waals surface area (Å²) in [6.07, 6.45) is 8.07. The molecule has 26 heavy (non-hydrogen) atoms. The summed E-state index contributed by atoms with van der Waals surface area (Å²) < 4.78 is 17.8. The normalized spacial score (nSPS) is 12.4. The van der Waals surface area contributed by atoms with Crippen molar-refractivity contribution in [2.75, 3.05) is 26.4 Å². The largest absolute Gasteiger partial charge is 0.500 e. The number of nitrogens with one attached hydrogen (secondary N) is 1. The number of hydrogen-bond donors (Lipinski definition) is 1. The molecule has 5 nitrogen and oxygen atoms in total. The van der Waals surface area contributed by atoms with E-state index in [1.807, 2.05) is 20.8 Å². The van der Waals surface area contributed by atoms with Crippen molar-refractivity contribution in [3.05, 3.63) is 6.42 Å². The van der Waals surface area contributed by atoms with Crippen LogP contribution >= 0.6 is 0 Å². The monoisotopic (exact) mass is 388 g/mol. The molecule has 1 amide bonds. The molecular formula is C20H42NO4Si. The highest BCUT2D eigenvalue weighted by Crippen LogP contribution is 2.28. The van der Waals surface area contributed by atoms with Crippen molar-refractivity contribution < 1.29 is 18.1 Å². The lowest BCUT2D eigenvalue weighted by Gasteiger charge is -2.32.